The Hall–Kier alpha value is -1.96. The van der Waals surface area contributed by atoms with Crippen molar-refractivity contribution in [2.24, 2.45) is 5.92 Å². The Morgan fingerprint density at radius 1 is 1.45 bits per heavy atom. The molecule has 1 fully saturated rings. The minimum Gasteiger partial charge on any atom is -0.393 e. The van der Waals surface area contributed by atoms with Gasteiger partial charge in [0.15, 0.2) is 0 Å². The normalized spacial score (nSPS) is 21.8. The third-order valence-electron chi connectivity index (χ3n) is 3.62. The molecule has 1 aliphatic rings. The number of nitrogens with zero attached hydrogens (tertiary/aromatic N) is 3. The lowest BCUT2D eigenvalue weighted by molar-refractivity contribution is -0.385. The Morgan fingerprint density at radius 3 is 2.75 bits per heavy atom. The smallest absolute Gasteiger partial charge is 0.332 e. The van der Waals surface area contributed by atoms with Crippen LogP contribution in [-0.2, 0) is 0 Å². The van der Waals surface area contributed by atoms with Gasteiger partial charge in [-0.3, -0.25) is 10.1 Å². The zero-order valence-corrected chi connectivity index (χ0v) is 11.6. The molecule has 1 saturated carbocycles. The molecule has 110 valence electrons. The van der Waals surface area contributed by atoms with E-state index < -0.39 is 4.92 Å². The van der Waals surface area contributed by atoms with E-state index >= 15 is 0 Å². The van der Waals surface area contributed by atoms with E-state index in [1.54, 1.807) is 14.0 Å². The van der Waals surface area contributed by atoms with Crippen LogP contribution < -0.4 is 10.6 Å². The van der Waals surface area contributed by atoms with E-state index in [1.165, 1.54) is 0 Å². The standard InChI is InChI=1S/C12H19N5O3/c1-7-10(17(19)20)11(16-12(13-2)15-7)14-6-8-4-3-5-9(8)18/h8-9,18H,3-6H2,1-2H3,(H2,13,14,15,16). The highest BCUT2D eigenvalue weighted by Gasteiger charge is 2.27. The van der Waals surface area contributed by atoms with Crippen LogP contribution in [-0.4, -0.2) is 39.7 Å². The second-order valence-corrected chi connectivity index (χ2v) is 4.98. The molecule has 1 aromatic heterocycles. The molecule has 0 radical (unpaired) electrons. The molecule has 2 rings (SSSR count). The number of aliphatic hydroxyl groups is 1. The lowest BCUT2D eigenvalue weighted by atomic mass is 10.1. The van der Waals surface area contributed by atoms with E-state index in [0.717, 1.165) is 19.3 Å². The summed E-state index contributed by atoms with van der Waals surface area (Å²) in [5.41, 5.74) is 0.195. The quantitative estimate of drug-likeness (QED) is 0.550. The number of nitrogens with one attached hydrogen (secondary N) is 2. The summed E-state index contributed by atoms with van der Waals surface area (Å²) in [6, 6.07) is 0. The first kappa shape index (κ1) is 14.4. The molecule has 2 atom stereocenters. The lowest BCUT2D eigenvalue weighted by Crippen LogP contribution is -2.23. The predicted octanol–water partition coefficient (Wildman–Crippen LogP) is 1.31. The molecule has 0 spiro atoms. The summed E-state index contributed by atoms with van der Waals surface area (Å²) in [5, 5.41) is 26.7. The highest BCUT2D eigenvalue weighted by Crippen LogP contribution is 2.29. The molecule has 0 amide bonds. The van der Waals surface area contributed by atoms with E-state index in [0.29, 0.717) is 18.2 Å². The number of anilines is 2. The molecular formula is C12H19N5O3. The van der Waals surface area contributed by atoms with E-state index in [-0.39, 0.29) is 23.5 Å². The van der Waals surface area contributed by atoms with Crippen LogP contribution in [0.3, 0.4) is 0 Å². The van der Waals surface area contributed by atoms with Crippen molar-refractivity contribution < 1.29 is 10.0 Å². The van der Waals surface area contributed by atoms with Crippen molar-refractivity contribution in [1.29, 1.82) is 0 Å². The van der Waals surface area contributed by atoms with Crippen LogP contribution in [0.1, 0.15) is 25.0 Å². The van der Waals surface area contributed by atoms with Crippen molar-refractivity contribution in [2.45, 2.75) is 32.3 Å². The van der Waals surface area contributed by atoms with Crippen LogP contribution in [0.5, 0.6) is 0 Å². The average molecular weight is 281 g/mol. The van der Waals surface area contributed by atoms with Gasteiger partial charge in [-0.25, -0.2) is 4.98 Å². The molecule has 1 heterocycles. The van der Waals surface area contributed by atoms with Gasteiger partial charge in [-0.1, -0.05) is 6.42 Å². The molecule has 20 heavy (non-hydrogen) atoms. The fraction of sp³-hybridized carbons (Fsp3) is 0.667. The molecule has 8 heteroatoms. The third-order valence-corrected chi connectivity index (χ3v) is 3.62. The third kappa shape index (κ3) is 2.96. The monoisotopic (exact) mass is 281 g/mol. The summed E-state index contributed by atoms with van der Waals surface area (Å²) < 4.78 is 0. The minimum atomic E-state index is -0.484. The van der Waals surface area contributed by atoms with Gasteiger partial charge in [-0.15, -0.1) is 0 Å². The van der Waals surface area contributed by atoms with Gasteiger partial charge in [0, 0.05) is 19.5 Å². The zero-order chi connectivity index (χ0) is 14.7. The van der Waals surface area contributed by atoms with Crippen LogP contribution in [0.4, 0.5) is 17.5 Å². The number of rotatable bonds is 5. The van der Waals surface area contributed by atoms with Crippen molar-refractivity contribution in [1.82, 2.24) is 9.97 Å². The molecule has 0 saturated heterocycles. The van der Waals surface area contributed by atoms with Crippen molar-refractivity contribution in [3.05, 3.63) is 15.8 Å². The Bertz CT molecular complexity index is 508. The van der Waals surface area contributed by atoms with E-state index in [1.807, 2.05) is 0 Å². The number of nitro groups is 1. The zero-order valence-electron chi connectivity index (χ0n) is 11.6. The molecule has 0 bridgehead atoms. The predicted molar refractivity (Wildman–Crippen MR) is 74.8 cm³/mol. The summed E-state index contributed by atoms with van der Waals surface area (Å²) in [6.45, 7) is 2.05. The van der Waals surface area contributed by atoms with Gasteiger partial charge in [0.1, 0.15) is 5.69 Å². The first-order valence-electron chi connectivity index (χ1n) is 6.65. The van der Waals surface area contributed by atoms with Gasteiger partial charge in [-0.05, 0) is 19.8 Å². The van der Waals surface area contributed by atoms with Crippen LogP contribution in [0, 0.1) is 23.0 Å². The second kappa shape index (κ2) is 6.00. The number of hydrogen-bond donors (Lipinski definition) is 3. The van der Waals surface area contributed by atoms with Crippen molar-refractivity contribution in [3.8, 4) is 0 Å². The van der Waals surface area contributed by atoms with Crippen LogP contribution in [0.2, 0.25) is 0 Å². The molecular weight excluding hydrogens is 262 g/mol. The molecule has 0 aromatic carbocycles. The maximum atomic E-state index is 11.1. The van der Waals surface area contributed by atoms with Crippen LogP contribution in [0.25, 0.3) is 0 Å². The first-order chi connectivity index (χ1) is 9.52. The topological polar surface area (TPSA) is 113 Å². The first-order valence-corrected chi connectivity index (χ1v) is 6.65. The van der Waals surface area contributed by atoms with Crippen LogP contribution >= 0.6 is 0 Å². The summed E-state index contributed by atoms with van der Waals surface area (Å²) in [4.78, 5) is 18.8. The van der Waals surface area contributed by atoms with Crippen molar-refractivity contribution in [2.75, 3.05) is 24.2 Å². The van der Waals surface area contributed by atoms with E-state index in [2.05, 4.69) is 20.6 Å². The van der Waals surface area contributed by atoms with Gasteiger partial charge in [0.2, 0.25) is 11.8 Å². The number of aromatic nitrogens is 2. The highest BCUT2D eigenvalue weighted by molar-refractivity contribution is 5.60. The number of hydrogen-bond acceptors (Lipinski definition) is 7. The van der Waals surface area contributed by atoms with Gasteiger partial charge in [-0.2, -0.15) is 4.98 Å². The SMILES string of the molecule is CNc1nc(C)c([N+](=O)[O-])c(NCC2CCCC2O)n1. The summed E-state index contributed by atoms with van der Waals surface area (Å²) in [5.74, 6) is 0.649. The van der Waals surface area contributed by atoms with Gasteiger partial charge in [0.25, 0.3) is 0 Å². The van der Waals surface area contributed by atoms with Gasteiger partial charge < -0.3 is 15.7 Å². The molecule has 2 unspecified atom stereocenters. The number of aliphatic hydroxyl groups excluding tert-OH is 1. The van der Waals surface area contributed by atoms with Crippen molar-refractivity contribution >= 4 is 17.5 Å². The molecule has 1 aromatic rings. The average Bonchev–Trinajstić information content (AvgIpc) is 2.80. The van der Waals surface area contributed by atoms with Crippen molar-refractivity contribution in [3.63, 3.8) is 0 Å². The van der Waals surface area contributed by atoms with Gasteiger partial charge in [0.05, 0.1) is 11.0 Å². The van der Waals surface area contributed by atoms with Crippen LogP contribution in [0.15, 0.2) is 0 Å². The molecule has 8 nitrogen and oxygen atoms in total. The molecule has 0 aliphatic heterocycles. The highest BCUT2D eigenvalue weighted by atomic mass is 16.6. The number of aryl methyl sites for hydroxylation is 1. The summed E-state index contributed by atoms with van der Waals surface area (Å²) >= 11 is 0. The summed E-state index contributed by atoms with van der Waals surface area (Å²) in [6.07, 6.45) is 2.36. The Kier molecular flexibility index (Phi) is 4.33. The molecule has 1 aliphatic carbocycles. The Balaban J connectivity index is 2.20. The van der Waals surface area contributed by atoms with Gasteiger partial charge >= 0.3 is 5.69 Å². The lowest BCUT2D eigenvalue weighted by Gasteiger charge is -2.16. The fourth-order valence-corrected chi connectivity index (χ4v) is 2.50. The fourth-order valence-electron chi connectivity index (χ4n) is 2.50. The van der Waals surface area contributed by atoms with E-state index in [9.17, 15) is 15.2 Å². The maximum Gasteiger partial charge on any atom is 0.332 e. The summed E-state index contributed by atoms with van der Waals surface area (Å²) in [7, 11) is 1.66. The largest absolute Gasteiger partial charge is 0.393 e. The van der Waals surface area contributed by atoms with E-state index in [4.69, 9.17) is 0 Å². The maximum absolute atomic E-state index is 11.1. The second-order valence-electron chi connectivity index (χ2n) is 4.98. The molecule has 3 N–H and O–H groups in total. The minimum absolute atomic E-state index is 0.114. The Morgan fingerprint density at radius 2 is 2.20 bits per heavy atom. The Labute approximate surface area is 116 Å².